The van der Waals surface area contributed by atoms with Crippen LogP contribution in [0.3, 0.4) is 0 Å². The number of rotatable bonds is 2. The molecular weight excluding hydrogens is 271 g/mol. The van der Waals surface area contributed by atoms with Crippen LogP contribution in [0.25, 0.3) is 0 Å². The average molecular weight is 285 g/mol. The van der Waals surface area contributed by atoms with E-state index >= 15 is 0 Å². The summed E-state index contributed by atoms with van der Waals surface area (Å²) < 4.78 is 35.9. The summed E-state index contributed by atoms with van der Waals surface area (Å²) >= 11 is 0. The molecule has 7 heteroatoms. The largest absolute Gasteiger partial charge is 0.405 e. The molecule has 0 spiro atoms. The van der Waals surface area contributed by atoms with Gasteiger partial charge in [0, 0.05) is 11.3 Å². The second-order valence-corrected chi connectivity index (χ2v) is 3.96. The number of halogens is 3. The second kappa shape index (κ2) is 6.82. The number of alkyl halides is 3. The predicted octanol–water partition coefficient (Wildman–Crippen LogP) is 1.99. The Morgan fingerprint density at radius 2 is 2.10 bits per heavy atom. The maximum Gasteiger partial charge on any atom is 0.405 e. The van der Waals surface area contributed by atoms with E-state index in [1.807, 2.05) is 0 Å². The van der Waals surface area contributed by atoms with Crippen LogP contribution in [-0.2, 0) is 0 Å². The van der Waals surface area contributed by atoms with E-state index in [0.29, 0.717) is 16.8 Å². The lowest BCUT2D eigenvalue weighted by molar-refractivity contribution is -0.122. The molecular formula is C13H14F3N3O. The maximum absolute atomic E-state index is 12.0. The fraction of sp³-hybridized carbons (Fsp3) is 0.308. The van der Waals surface area contributed by atoms with Gasteiger partial charge in [0.1, 0.15) is 6.54 Å². The van der Waals surface area contributed by atoms with Gasteiger partial charge in [0.2, 0.25) is 0 Å². The van der Waals surface area contributed by atoms with Crippen molar-refractivity contribution < 1.29 is 18.0 Å². The number of nitrogens with one attached hydrogen (secondary N) is 2. The molecule has 1 aromatic carbocycles. The number of anilines is 1. The minimum Gasteiger partial charge on any atom is -0.329 e. The van der Waals surface area contributed by atoms with Crippen LogP contribution >= 0.6 is 0 Å². The summed E-state index contributed by atoms with van der Waals surface area (Å²) in [4.78, 5) is 11.4. The van der Waals surface area contributed by atoms with Crippen LogP contribution in [0.2, 0.25) is 0 Å². The van der Waals surface area contributed by atoms with Crippen LogP contribution in [0, 0.1) is 18.8 Å². The number of hydrogen-bond acceptors (Lipinski definition) is 2. The molecule has 4 nitrogen and oxygen atoms in total. The topological polar surface area (TPSA) is 67.1 Å². The molecule has 0 atom stereocenters. The first-order chi connectivity index (χ1) is 9.31. The minimum absolute atomic E-state index is 0.197. The number of hydrogen-bond donors (Lipinski definition) is 3. The van der Waals surface area contributed by atoms with E-state index in [4.69, 9.17) is 5.73 Å². The van der Waals surface area contributed by atoms with E-state index < -0.39 is 18.8 Å². The second-order valence-electron chi connectivity index (χ2n) is 3.96. The van der Waals surface area contributed by atoms with Crippen molar-refractivity contribution >= 4 is 11.7 Å². The minimum atomic E-state index is -4.44. The monoisotopic (exact) mass is 285 g/mol. The zero-order chi connectivity index (χ0) is 15.2. The Balaban J connectivity index is 2.73. The molecule has 0 bridgehead atoms. The van der Waals surface area contributed by atoms with Crippen LogP contribution < -0.4 is 16.4 Å². The first-order valence-electron chi connectivity index (χ1n) is 5.73. The molecule has 1 aromatic rings. The molecule has 0 aliphatic rings. The lowest BCUT2D eigenvalue weighted by atomic mass is 10.1. The van der Waals surface area contributed by atoms with Crippen LogP contribution in [0.15, 0.2) is 18.2 Å². The molecule has 0 saturated heterocycles. The average Bonchev–Trinajstić information content (AvgIpc) is 2.36. The summed E-state index contributed by atoms with van der Waals surface area (Å²) in [7, 11) is 0. The zero-order valence-corrected chi connectivity index (χ0v) is 10.8. The van der Waals surface area contributed by atoms with Gasteiger partial charge in [-0.1, -0.05) is 17.9 Å². The first kappa shape index (κ1) is 15.9. The van der Waals surface area contributed by atoms with Crippen molar-refractivity contribution in [2.75, 3.05) is 18.4 Å². The summed E-state index contributed by atoms with van der Waals surface area (Å²) in [6, 6.07) is 4.09. The van der Waals surface area contributed by atoms with Crippen LogP contribution in [-0.4, -0.2) is 25.3 Å². The molecule has 0 unspecified atom stereocenters. The van der Waals surface area contributed by atoms with E-state index in [0.717, 1.165) is 0 Å². The number of nitrogens with two attached hydrogens (primary N) is 1. The van der Waals surface area contributed by atoms with Crippen molar-refractivity contribution in [3.8, 4) is 11.8 Å². The van der Waals surface area contributed by atoms with Crippen molar-refractivity contribution in [1.29, 1.82) is 0 Å². The smallest absolute Gasteiger partial charge is 0.329 e. The van der Waals surface area contributed by atoms with Gasteiger partial charge in [0.05, 0.1) is 6.54 Å². The lowest BCUT2D eigenvalue weighted by Gasteiger charge is -2.11. The van der Waals surface area contributed by atoms with Crippen LogP contribution in [0.1, 0.15) is 11.1 Å². The highest BCUT2D eigenvalue weighted by Gasteiger charge is 2.27. The third kappa shape index (κ3) is 5.63. The molecule has 0 aliphatic carbocycles. The number of amides is 2. The van der Waals surface area contributed by atoms with Gasteiger partial charge in [0.15, 0.2) is 0 Å². The first-order valence-corrected chi connectivity index (χ1v) is 5.73. The van der Waals surface area contributed by atoms with Crippen molar-refractivity contribution in [3.63, 3.8) is 0 Å². The summed E-state index contributed by atoms with van der Waals surface area (Å²) in [5, 5.41) is 4.08. The molecule has 108 valence electrons. The van der Waals surface area contributed by atoms with Crippen molar-refractivity contribution in [2.45, 2.75) is 13.1 Å². The predicted molar refractivity (Wildman–Crippen MR) is 70.2 cm³/mol. The maximum atomic E-state index is 12.0. The number of benzene rings is 1. The zero-order valence-electron chi connectivity index (χ0n) is 10.8. The summed E-state index contributed by atoms with van der Waals surface area (Å²) in [6.45, 7) is 0.534. The van der Waals surface area contributed by atoms with Gasteiger partial charge in [-0.3, -0.25) is 0 Å². The Labute approximate surface area is 114 Å². The van der Waals surface area contributed by atoms with Crippen molar-refractivity contribution in [2.24, 2.45) is 5.73 Å². The van der Waals surface area contributed by atoms with Gasteiger partial charge in [-0.15, -0.1) is 0 Å². The van der Waals surface area contributed by atoms with Gasteiger partial charge in [-0.05, 0) is 24.6 Å². The Morgan fingerprint density at radius 3 is 2.70 bits per heavy atom. The molecule has 0 heterocycles. The summed E-state index contributed by atoms with van der Waals surface area (Å²) in [6.07, 6.45) is -4.44. The summed E-state index contributed by atoms with van der Waals surface area (Å²) in [5.74, 6) is 5.43. The molecule has 1 rings (SSSR count). The highest BCUT2D eigenvalue weighted by atomic mass is 19.4. The number of aryl methyl sites for hydroxylation is 1. The molecule has 0 radical (unpaired) electrons. The van der Waals surface area contributed by atoms with E-state index in [-0.39, 0.29) is 6.54 Å². The lowest BCUT2D eigenvalue weighted by Crippen LogP contribution is -2.36. The van der Waals surface area contributed by atoms with Crippen LogP contribution in [0.4, 0.5) is 23.7 Å². The SMILES string of the molecule is Cc1ccc(C#CCN)cc1NC(=O)NCC(F)(F)F. The Kier molecular flexibility index (Phi) is 5.41. The molecule has 20 heavy (non-hydrogen) atoms. The van der Waals surface area contributed by atoms with Crippen LogP contribution in [0.5, 0.6) is 0 Å². The van der Waals surface area contributed by atoms with E-state index in [2.05, 4.69) is 17.2 Å². The fourth-order valence-electron chi connectivity index (χ4n) is 1.33. The third-order valence-corrected chi connectivity index (χ3v) is 2.27. The van der Waals surface area contributed by atoms with Gasteiger partial charge < -0.3 is 16.4 Å². The molecule has 0 fully saturated rings. The highest BCUT2D eigenvalue weighted by molar-refractivity contribution is 5.90. The Bertz CT molecular complexity index is 544. The van der Waals surface area contributed by atoms with E-state index in [9.17, 15) is 18.0 Å². The Morgan fingerprint density at radius 1 is 1.40 bits per heavy atom. The molecule has 0 saturated carbocycles. The van der Waals surface area contributed by atoms with Gasteiger partial charge in [-0.2, -0.15) is 13.2 Å². The molecule has 2 amide bonds. The molecule has 4 N–H and O–H groups in total. The fourth-order valence-corrected chi connectivity index (χ4v) is 1.33. The quantitative estimate of drug-likeness (QED) is 0.727. The van der Waals surface area contributed by atoms with Gasteiger partial charge >= 0.3 is 12.2 Å². The van der Waals surface area contributed by atoms with Gasteiger partial charge in [0.25, 0.3) is 0 Å². The standard InChI is InChI=1S/C13H14F3N3O/c1-9-4-5-10(3-2-6-17)7-11(9)19-12(20)18-8-13(14,15)16/h4-5,7H,6,8,17H2,1H3,(H2,18,19,20). The van der Waals surface area contributed by atoms with Crippen molar-refractivity contribution in [1.82, 2.24) is 5.32 Å². The van der Waals surface area contributed by atoms with Gasteiger partial charge in [-0.25, -0.2) is 4.79 Å². The van der Waals surface area contributed by atoms with Crippen molar-refractivity contribution in [3.05, 3.63) is 29.3 Å². The number of carbonyl (C=O) groups is 1. The third-order valence-electron chi connectivity index (χ3n) is 2.27. The number of urea groups is 1. The summed E-state index contributed by atoms with van der Waals surface area (Å²) in [5.41, 5.74) is 6.97. The highest BCUT2D eigenvalue weighted by Crippen LogP contribution is 2.17. The number of carbonyl (C=O) groups excluding carboxylic acids is 1. The molecule has 0 aliphatic heterocycles. The molecule has 0 aromatic heterocycles. The van der Waals surface area contributed by atoms with E-state index in [1.54, 1.807) is 30.4 Å². The normalized spacial score (nSPS) is 10.4. The van der Waals surface area contributed by atoms with E-state index in [1.165, 1.54) is 0 Å². The Hall–Kier alpha value is -2.20.